The van der Waals surface area contributed by atoms with Crippen LogP contribution in [-0.4, -0.2) is 30.9 Å². The van der Waals surface area contributed by atoms with Crippen LogP contribution in [0.25, 0.3) is 0 Å². The Morgan fingerprint density at radius 1 is 1.24 bits per heavy atom. The number of rotatable bonds is 2. The Labute approximate surface area is 128 Å². The molecule has 0 N–H and O–H groups in total. The van der Waals surface area contributed by atoms with E-state index in [-0.39, 0.29) is 23.0 Å². The molecule has 1 aromatic heterocycles. The van der Waals surface area contributed by atoms with Crippen LogP contribution in [0, 0.1) is 0 Å². The number of aromatic nitrogens is 1. The molecule has 2 aromatic rings. The van der Waals surface area contributed by atoms with Crippen LogP contribution in [0.5, 0.6) is 5.75 Å². The highest BCUT2D eigenvalue weighted by Gasteiger charge is 2.29. The fourth-order valence-electron chi connectivity index (χ4n) is 2.20. The molecule has 0 spiro atoms. The molecule has 0 amide bonds. The van der Waals surface area contributed by atoms with E-state index >= 15 is 0 Å². The highest BCUT2D eigenvalue weighted by atomic mass is 35.5. The molecule has 7 heteroatoms. The molecule has 0 bridgehead atoms. The molecule has 1 aliphatic heterocycles. The van der Waals surface area contributed by atoms with Crippen molar-refractivity contribution >= 4 is 21.6 Å². The van der Waals surface area contributed by atoms with Crippen molar-refractivity contribution in [2.45, 2.75) is 11.4 Å². The van der Waals surface area contributed by atoms with Gasteiger partial charge in [0.15, 0.2) is 0 Å². The number of fused-ring (bicyclic) bond motifs is 1. The van der Waals surface area contributed by atoms with E-state index in [9.17, 15) is 8.42 Å². The summed E-state index contributed by atoms with van der Waals surface area (Å²) in [7, 11) is -3.70. The standard InChI is InChI=1S/C14H13ClN2O3S/c15-12-5-6-16-9-14(12)21(18,19)17-7-8-20-13-4-2-1-3-11(13)10-17/h1-6,9H,7-8,10H2. The molecule has 0 radical (unpaired) electrons. The molecule has 0 atom stereocenters. The van der Waals surface area contributed by atoms with Crippen molar-refractivity contribution in [3.63, 3.8) is 0 Å². The summed E-state index contributed by atoms with van der Waals surface area (Å²) in [6.45, 7) is 0.820. The van der Waals surface area contributed by atoms with Crippen molar-refractivity contribution in [2.24, 2.45) is 0 Å². The summed E-state index contributed by atoms with van der Waals surface area (Å²) in [5.41, 5.74) is 0.832. The fraction of sp³-hybridized carbons (Fsp3) is 0.214. The summed E-state index contributed by atoms with van der Waals surface area (Å²) in [6.07, 6.45) is 2.73. The lowest BCUT2D eigenvalue weighted by Crippen LogP contribution is -2.32. The van der Waals surface area contributed by atoms with E-state index in [2.05, 4.69) is 4.98 Å². The van der Waals surface area contributed by atoms with E-state index in [1.807, 2.05) is 24.3 Å². The molecular weight excluding hydrogens is 312 g/mol. The van der Waals surface area contributed by atoms with Crippen molar-refractivity contribution in [3.8, 4) is 5.75 Å². The maximum absolute atomic E-state index is 12.7. The van der Waals surface area contributed by atoms with E-state index < -0.39 is 10.0 Å². The Balaban J connectivity index is 1.99. The number of pyridine rings is 1. The van der Waals surface area contributed by atoms with Crippen molar-refractivity contribution in [2.75, 3.05) is 13.2 Å². The van der Waals surface area contributed by atoms with Gasteiger partial charge >= 0.3 is 0 Å². The summed E-state index contributed by atoms with van der Waals surface area (Å²) in [5.74, 6) is 0.715. The third kappa shape index (κ3) is 2.74. The quantitative estimate of drug-likeness (QED) is 0.850. The molecule has 0 aliphatic carbocycles. The lowest BCUT2D eigenvalue weighted by molar-refractivity contribution is 0.293. The summed E-state index contributed by atoms with van der Waals surface area (Å²) in [5, 5.41) is 0.170. The second kappa shape index (κ2) is 5.63. The van der Waals surface area contributed by atoms with Crippen molar-refractivity contribution in [3.05, 3.63) is 53.3 Å². The molecule has 0 saturated carbocycles. The zero-order valence-corrected chi connectivity index (χ0v) is 12.6. The summed E-state index contributed by atoms with van der Waals surface area (Å²) in [6, 6.07) is 8.88. The van der Waals surface area contributed by atoms with Gasteiger partial charge in [-0.25, -0.2) is 8.42 Å². The molecule has 3 rings (SSSR count). The van der Waals surface area contributed by atoms with Crippen LogP contribution in [0.3, 0.4) is 0 Å². The Kier molecular flexibility index (Phi) is 3.84. The fourth-order valence-corrected chi connectivity index (χ4v) is 4.01. The van der Waals surface area contributed by atoms with Gasteiger partial charge in [-0.1, -0.05) is 29.8 Å². The normalized spacial score (nSPS) is 15.9. The van der Waals surface area contributed by atoms with Crippen LogP contribution in [0.4, 0.5) is 0 Å². The second-order valence-corrected chi connectivity index (χ2v) is 6.91. The minimum Gasteiger partial charge on any atom is -0.492 e. The zero-order valence-electron chi connectivity index (χ0n) is 11.1. The first-order valence-electron chi connectivity index (χ1n) is 6.39. The Hall–Kier alpha value is -1.63. The summed E-state index contributed by atoms with van der Waals surface area (Å²) < 4.78 is 32.4. The van der Waals surface area contributed by atoms with Gasteiger partial charge in [-0.2, -0.15) is 4.31 Å². The number of benzene rings is 1. The van der Waals surface area contributed by atoms with E-state index in [4.69, 9.17) is 16.3 Å². The van der Waals surface area contributed by atoms with Crippen LogP contribution >= 0.6 is 11.6 Å². The van der Waals surface area contributed by atoms with Crippen LogP contribution in [-0.2, 0) is 16.6 Å². The molecule has 1 aliphatic rings. The van der Waals surface area contributed by atoms with Gasteiger partial charge in [0, 0.05) is 31.0 Å². The number of halogens is 1. The second-order valence-electron chi connectivity index (χ2n) is 4.60. The zero-order chi connectivity index (χ0) is 14.9. The molecule has 2 heterocycles. The molecule has 1 aromatic carbocycles. The third-order valence-electron chi connectivity index (χ3n) is 3.27. The lowest BCUT2D eigenvalue weighted by atomic mass is 10.2. The van der Waals surface area contributed by atoms with Gasteiger partial charge in [-0.15, -0.1) is 0 Å². The molecule has 0 fully saturated rings. The van der Waals surface area contributed by atoms with Crippen molar-refractivity contribution < 1.29 is 13.2 Å². The van der Waals surface area contributed by atoms with Gasteiger partial charge in [0.05, 0.1) is 5.02 Å². The summed E-state index contributed by atoms with van der Waals surface area (Å²) >= 11 is 5.99. The maximum Gasteiger partial charge on any atom is 0.246 e. The van der Waals surface area contributed by atoms with E-state index in [0.717, 1.165) is 5.56 Å². The van der Waals surface area contributed by atoms with E-state index in [0.29, 0.717) is 12.4 Å². The maximum atomic E-state index is 12.7. The minimum atomic E-state index is -3.70. The topological polar surface area (TPSA) is 59.5 Å². The number of ether oxygens (including phenoxy) is 1. The van der Waals surface area contributed by atoms with E-state index in [1.54, 1.807) is 0 Å². The highest BCUT2D eigenvalue weighted by Crippen LogP contribution is 2.28. The molecule has 0 saturated heterocycles. The number of sulfonamides is 1. The predicted molar refractivity (Wildman–Crippen MR) is 78.8 cm³/mol. The van der Waals surface area contributed by atoms with Gasteiger partial charge in [-0.3, -0.25) is 4.98 Å². The first kappa shape index (κ1) is 14.3. The first-order valence-corrected chi connectivity index (χ1v) is 8.21. The number of hydrogen-bond acceptors (Lipinski definition) is 4. The largest absolute Gasteiger partial charge is 0.492 e. The molecule has 5 nitrogen and oxygen atoms in total. The SMILES string of the molecule is O=S(=O)(c1cnccc1Cl)N1CCOc2ccccc2C1. The van der Waals surface area contributed by atoms with Crippen LogP contribution in [0.2, 0.25) is 5.02 Å². The summed E-state index contributed by atoms with van der Waals surface area (Å²) in [4.78, 5) is 3.87. The molecule has 110 valence electrons. The molecule has 0 unspecified atom stereocenters. The average Bonchev–Trinajstić information content (AvgIpc) is 2.70. The highest BCUT2D eigenvalue weighted by molar-refractivity contribution is 7.89. The van der Waals surface area contributed by atoms with Crippen LogP contribution in [0.15, 0.2) is 47.6 Å². The third-order valence-corrected chi connectivity index (χ3v) is 5.58. The van der Waals surface area contributed by atoms with Crippen LogP contribution in [0.1, 0.15) is 5.56 Å². The van der Waals surface area contributed by atoms with Gasteiger partial charge in [0.1, 0.15) is 17.3 Å². The Morgan fingerprint density at radius 2 is 2.05 bits per heavy atom. The number of hydrogen-bond donors (Lipinski definition) is 0. The van der Waals surface area contributed by atoms with Gasteiger partial charge in [-0.05, 0) is 12.1 Å². The van der Waals surface area contributed by atoms with Crippen molar-refractivity contribution in [1.29, 1.82) is 0 Å². The van der Waals surface area contributed by atoms with Gasteiger partial charge in [0.25, 0.3) is 0 Å². The van der Waals surface area contributed by atoms with Crippen molar-refractivity contribution in [1.82, 2.24) is 9.29 Å². The van der Waals surface area contributed by atoms with Gasteiger partial charge < -0.3 is 4.74 Å². The van der Waals surface area contributed by atoms with E-state index in [1.165, 1.54) is 22.8 Å². The van der Waals surface area contributed by atoms with Gasteiger partial charge in [0.2, 0.25) is 10.0 Å². The monoisotopic (exact) mass is 324 g/mol. The first-order chi connectivity index (χ1) is 10.1. The average molecular weight is 325 g/mol. The predicted octanol–water partition coefficient (Wildman–Crippen LogP) is 2.32. The lowest BCUT2D eigenvalue weighted by Gasteiger charge is -2.19. The Morgan fingerprint density at radius 3 is 2.86 bits per heavy atom. The number of para-hydroxylation sites is 1. The van der Waals surface area contributed by atoms with Crippen LogP contribution < -0.4 is 4.74 Å². The number of nitrogens with zero attached hydrogens (tertiary/aromatic N) is 2. The molecule has 21 heavy (non-hydrogen) atoms. The minimum absolute atomic E-state index is 0.0195. The molecular formula is C14H13ClN2O3S. The Bertz CT molecular complexity index is 764. The smallest absolute Gasteiger partial charge is 0.246 e.